The topological polar surface area (TPSA) is 111 Å². The van der Waals surface area contributed by atoms with Gasteiger partial charge < -0.3 is 30.3 Å². The molecule has 0 spiro atoms. The van der Waals surface area contributed by atoms with Gasteiger partial charge in [-0.25, -0.2) is 0 Å². The third kappa shape index (κ3) is 7.68. The molecule has 2 heterocycles. The number of ether oxygens (including phenoxy) is 1. The van der Waals surface area contributed by atoms with Crippen molar-refractivity contribution in [2.75, 3.05) is 40.4 Å². The van der Waals surface area contributed by atoms with E-state index in [0.29, 0.717) is 18.7 Å². The smallest absolute Gasteiger partial charge is 0.246 e. The quantitative estimate of drug-likeness (QED) is 0.327. The third-order valence-corrected chi connectivity index (χ3v) is 7.10. The minimum Gasteiger partial charge on any atom is -0.491 e. The number of piperazine rings is 1. The summed E-state index contributed by atoms with van der Waals surface area (Å²) in [7, 11) is 4.13. The lowest BCUT2D eigenvalue weighted by atomic mass is 9.92. The fourth-order valence-corrected chi connectivity index (χ4v) is 5.38. The normalized spacial score (nSPS) is 23.4. The Balaban J connectivity index is 1.77. The van der Waals surface area contributed by atoms with Crippen molar-refractivity contribution in [2.24, 2.45) is 11.8 Å². The second-order valence-electron chi connectivity index (χ2n) is 10.9. The summed E-state index contributed by atoms with van der Waals surface area (Å²) in [4.78, 5) is 43.9. The van der Waals surface area contributed by atoms with Crippen molar-refractivity contribution in [1.82, 2.24) is 20.4 Å². The molecule has 37 heavy (non-hydrogen) atoms. The molecule has 0 aliphatic carbocycles. The minimum atomic E-state index is -0.676. The number of hydrogen-bond donors (Lipinski definition) is 3. The highest BCUT2D eigenvalue weighted by molar-refractivity contribution is 5.99. The zero-order valence-electron chi connectivity index (χ0n) is 22.7. The predicted octanol–water partition coefficient (Wildman–Crippen LogP) is 2.10. The lowest BCUT2D eigenvalue weighted by Crippen LogP contribution is -2.61. The van der Waals surface area contributed by atoms with Crippen LogP contribution in [0.3, 0.4) is 0 Å². The Morgan fingerprint density at radius 2 is 1.97 bits per heavy atom. The van der Waals surface area contributed by atoms with Crippen LogP contribution in [-0.4, -0.2) is 85.1 Å². The fourth-order valence-electron chi connectivity index (χ4n) is 5.38. The average molecular weight is 517 g/mol. The van der Waals surface area contributed by atoms with Crippen molar-refractivity contribution in [2.45, 2.75) is 70.5 Å². The molecule has 2 aliphatic heterocycles. The van der Waals surface area contributed by atoms with Crippen LogP contribution >= 0.6 is 0 Å². The highest BCUT2D eigenvalue weighted by Crippen LogP contribution is 2.44. The summed E-state index contributed by atoms with van der Waals surface area (Å²) < 4.78 is 5.60. The first-order valence-corrected chi connectivity index (χ1v) is 13.6. The van der Waals surface area contributed by atoms with Crippen LogP contribution in [0.4, 0.5) is 0 Å². The first kappa shape index (κ1) is 28.9. The largest absolute Gasteiger partial charge is 0.491 e. The number of nitrogens with zero attached hydrogens (tertiary/aromatic N) is 2. The van der Waals surface area contributed by atoms with Crippen molar-refractivity contribution in [3.63, 3.8) is 0 Å². The van der Waals surface area contributed by atoms with Gasteiger partial charge in [-0.05, 0) is 69.9 Å². The van der Waals surface area contributed by atoms with E-state index in [-0.39, 0.29) is 43.3 Å². The SMILES string of the molecule is CC(C)C[C@@H]1NC(=O)[C@@H]2C[C@H](C(=O)NCCCCCCN(C)C)[C@H](c3cccc(OCCO)c3)N2C1=O. The number of aliphatic hydroxyl groups is 1. The summed E-state index contributed by atoms with van der Waals surface area (Å²) in [6.45, 7) is 5.71. The highest BCUT2D eigenvalue weighted by Gasteiger charge is 2.54. The number of benzene rings is 1. The molecule has 206 valence electrons. The Kier molecular flexibility index (Phi) is 10.8. The van der Waals surface area contributed by atoms with Gasteiger partial charge >= 0.3 is 0 Å². The Morgan fingerprint density at radius 1 is 1.22 bits per heavy atom. The molecule has 0 bridgehead atoms. The molecule has 2 aliphatic rings. The number of hydrogen-bond acceptors (Lipinski definition) is 6. The zero-order valence-corrected chi connectivity index (χ0v) is 22.7. The second kappa shape index (κ2) is 13.8. The van der Waals surface area contributed by atoms with Gasteiger partial charge in [0.25, 0.3) is 0 Å². The van der Waals surface area contributed by atoms with Gasteiger partial charge in [0.15, 0.2) is 0 Å². The lowest BCUT2D eigenvalue weighted by molar-refractivity contribution is -0.150. The molecule has 3 N–H and O–H groups in total. The number of fused-ring (bicyclic) bond motifs is 1. The van der Waals surface area contributed by atoms with Gasteiger partial charge in [0, 0.05) is 6.54 Å². The number of unbranched alkanes of at least 4 members (excludes halogenated alkanes) is 3. The van der Waals surface area contributed by atoms with E-state index in [9.17, 15) is 14.4 Å². The summed E-state index contributed by atoms with van der Waals surface area (Å²) in [5, 5.41) is 15.1. The third-order valence-electron chi connectivity index (χ3n) is 7.10. The van der Waals surface area contributed by atoms with Gasteiger partial charge in [-0.15, -0.1) is 0 Å². The first-order chi connectivity index (χ1) is 17.7. The molecule has 4 atom stereocenters. The van der Waals surface area contributed by atoms with E-state index in [2.05, 4.69) is 29.6 Å². The number of carbonyl (C=O) groups is 3. The molecule has 1 aromatic carbocycles. The van der Waals surface area contributed by atoms with Gasteiger partial charge in [-0.3, -0.25) is 14.4 Å². The molecular formula is C28H44N4O5. The van der Waals surface area contributed by atoms with Gasteiger partial charge in [0.2, 0.25) is 17.7 Å². The summed E-state index contributed by atoms with van der Waals surface area (Å²) in [6, 6.07) is 5.46. The maximum absolute atomic E-state index is 13.6. The minimum absolute atomic E-state index is 0.114. The molecule has 0 saturated carbocycles. The van der Waals surface area contributed by atoms with Crippen LogP contribution in [0.5, 0.6) is 5.75 Å². The van der Waals surface area contributed by atoms with E-state index >= 15 is 0 Å². The highest BCUT2D eigenvalue weighted by atomic mass is 16.5. The van der Waals surface area contributed by atoms with Crippen LogP contribution in [0.15, 0.2) is 24.3 Å². The average Bonchev–Trinajstić information content (AvgIpc) is 3.26. The monoisotopic (exact) mass is 516 g/mol. The number of rotatable bonds is 14. The summed E-state index contributed by atoms with van der Waals surface area (Å²) in [5.41, 5.74) is 0.758. The first-order valence-electron chi connectivity index (χ1n) is 13.6. The molecule has 9 heteroatoms. The molecule has 2 saturated heterocycles. The van der Waals surface area contributed by atoms with Crippen LogP contribution in [0.1, 0.15) is 64.0 Å². The number of amides is 3. The summed E-state index contributed by atoms with van der Waals surface area (Å²) in [6.07, 6.45) is 5.01. The number of aliphatic hydroxyl groups excluding tert-OH is 1. The molecule has 3 amide bonds. The molecule has 3 rings (SSSR count). The number of carbonyl (C=O) groups excluding carboxylic acids is 3. The van der Waals surface area contributed by atoms with Crippen molar-refractivity contribution >= 4 is 17.7 Å². The van der Waals surface area contributed by atoms with E-state index in [1.54, 1.807) is 11.0 Å². The van der Waals surface area contributed by atoms with E-state index < -0.39 is 24.0 Å². The Morgan fingerprint density at radius 3 is 2.68 bits per heavy atom. The maximum atomic E-state index is 13.6. The number of nitrogens with one attached hydrogen (secondary N) is 2. The van der Waals surface area contributed by atoms with Gasteiger partial charge in [0.1, 0.15) is 24.4 Å². The van der Waals surface area contributed by atoms with E-state index in [1.165, 1.54) is 0 Å². The second-order valence-corrected chi connectivity index (χ2v) is 10.9. The molecule has 0 unspecified atom stereocenters. The molecule has 2 fully saturated rings. The van der Waals surface area contributed by atoms with Gasteiger partial charge in [0.05, 0.1) is 18.6 Å². The fraction of sp³-hybridized carbons (Fsp3) is 0.679. The van der Waals surface area contributed by atoms with E-state index in [0.717, 1.165) is 37.8 Å². The molecule has 9 nitrogen and oxygen atoms in total. The van der Waals surface area contributed by atoms with Crippen LogP contribution in [0.25, 0.3) is 0 Å². The lowest BCUT2D eigenvalue weighted by Gasteiger charge is -2.39. The van der Waals surface area contributed by atoms with Crippen LogP contribution < -0.4 is 15.4 Å². The Labute approximate surface area is 220 Å². The Hall–Kier alpha value is -2.65. The van der Waals surface area contributed by atoms with Crippen LogP contribution in [-0.2, 0) is 14.4 Å². The van der Waals surface area contributed by atoms with Crippen molar-refractivity contribution in [3.05, 3.63) is 29.8 Å². The predicted molar refractivity (Wildman–Crippen MR) is 142 cm³/mol. The van der Waals surface area contributed by atoms with E-state index in [4.69, 9.17) is 9.84 Å². The maximum Gasteiger partial charge on any atom is 0.246 e. The van der Waals surface area contributed by atoms with Crippen LogP contribution in [0.2, 0.25) is 0 Å². The standard InChI is InChI=1S/C28H44N4O5/c1-19(2)16-23-28(36)32-24(27(35)30-23)18-22(26(34)29-12-7-5-6-8-13-31(3)4)25(32)20-10-9-11-21(17-20)37-15-14-33/h9-11,17,19,22-25,33H,5-8,12-16,18H2,1-4H3,(H,29,34)(H,30,35)/t22-,23-,24-,25-/m0/s1. The summed E-state index contributed by atoms with van der Waals surface area (Å²) in [5.74, 6) is -0.214. The molecule has 0 radical (unpaired) electrons. The van der Waals surface area contributed by atoms with Crippen LogP contribution in [0, 0.1) is 11.8 Å². The van der Waals surface area contributed by atoms with Gasteiger partial charge in [-0.2, -0.15) is 0 Å². The summed E-state index contributed by atoms with van der Waals surface area (Å²) >= 11 is 0. The Bertz CT molecular complexity index is 922. The zero-order chi connectivity index (χ0) is 26.9. The molecular weight excluding hydrogens is 472 g/mol. The van der Waals surface area contributed by atoms with Crippen molar-refractivity contribution in [3.8, 4) is 5.75 Å². The van der Waals surface area contributed by atoms with Gasteiger partial charge in [-0.1, -0.05) is 38.8 Å². The molecule has 0 aromatic heterocycles. The van der Waals surface area contributed by atoms with Crippen molar-refractivity contribution < 1.29 is 24.2 Å². The van der Waals surface area contributed by atoms with E-state index in [1.807, 2.05) is 32.0 Å². The molecule has 1 aromatic rings. The van der Waals surface area contributed by atoms with Crippen molar-refractivity contribution in [1.29, 1.82) is 0 Å².